The Morgan fingerprint density at radius 2 is 2.03 bits per heavy atom. The highest BCUT2D eigenvalue weighted by molar-refractivity contribution is 5.93. The molecule has 30 heavy (non-hydrogen) atoms. The van der Waals surface area contributed by atoms with Gasteiger partial charge in [0.2, 0.25) is 5.91 Å². The lowest BCUT2D eigenvalue weighted by Gasteiger charge is -2.20. The molecule has 2 aliphatic rings. The number of carboxylic acid groups (broad SMARTS) is 1. The van der Waals surface area contributed by atoms with Gasteiger partial charge in [-0.25, -0.2) is 4.79 Å². The largest absolute Gasteiger partial charge is 0.490 e. The molecule has 0 bridgehead atoms. The van der Waals surface area contributed by atoms with Crippen LogP contribution in [0.3, 0.4) is 0 Å². The van der Waals surface area contributed by atoms with E-state index in [1.807, 2.05) is 11.8 Å². The molecule has 2 N–H and O–H groups in total. The van der Waals surface area contributed by atoms with Gasteiger partial charge >= 0.3 is 12.1 Å². The number of nitrogens with one attached hydrogen (secondary N) is 1. The Labute approximate surface area is 171 Å². The van der Waals surface area contributed by atoms with Gasteiger partial charge in [-0.05, 0) is 18.6 Å². The lowest BCUT2D eigenvalue weighted by atomic mass is 9.93. The number of ether oxygens (including phenoxy) is 1. The summed E-state index contributed by atoms with van der Waals surface area (Å²) in [7, 11) is 0. The van der Waals surface area contributed by atoms with Gasteiger partial charge in [-0.2, -0.15) is 13.2 Å². The van der Waals surface area contributed by atoms with Crippen molar-refractivity contribution < 1.29 is 37.4 Å². The molecule has 0 radical (unpaired) electrons. The standard InChI is InChI=1S/C17H23N3O3.C2HF3O2/c1-2-4-16(21)20-9-14-13(11-23-15(14)10-20)8-19-17(22)12-5-3-6-18-7-12;3-2(4,5)1(6)7/h3,5-7,13-15H,2,4,8-11H2,1H3,(H,19,22);(H,6,7)/t13-,14+,15+;/m0./s1. The lowest BCUT2D eigenvalue weighted by Crippen LogP contribution is -2.35. The molecule has 2 amide bonds. The highest BCUT2D eigenvalue weighted by Crippen LogP contribution is 2.33. The Morgan fingerprint density at radius 3 is 2.60 bits per heavy atom. The molecule has 3 rings (SSSR count). The smallest absolute Gasteiger partial charge is 0.475 e. The first-order chi connectivity index (χ1) is 14.1. The van der Waals surface area contributed by atoms with Gasteiger partial charge in [0.15, 0.2) is 0 Å². The zero-order valence-corrected chi connectivity index (χ0v) is 16.4. The molecular formula is C19H24F3N3O5. The van der Waals surface area contributed by atoms with E-state index in [-0.39, 0.29) is 23.8 Å². The first-order valence-electron chi connectivity index (χ1n) is 9.51. The Balaban J connectivity index is 0.000000396. The summed E-state index contributed by atoms with van der Waals surface area (Å²) in [5.41, 5.74) is 0.564. The second kappa shape index (κ2) is 10.4. The molecule has 11 heteroatoms. The molecule has 2 saturated heterocycles. The van der Waals surface area contributed by atoms with Crippen LogP contribution < -0.4 is 5.32 Å². The summed E-state index contributed by atoms with van der Waals surface area (Å²) in [5, 5.41) is 10.1. The maximum Gasteiger partial charge on any atom is 0.490 e. The Morgan fingerprint density at radius 1 is 1.33 bits per heavy atom. The first-order valence-corrected chi connectivity index (χ1v) is 9.51. The van der Waals surface area contributed by atoms with E-state index in [4.69, 9.17) is 14.6 Å². The van der Waals surface area contributed by atoms with Crippen LogP contribution in [0.4, 0.5) is 13.2 Å². The van der Waals surface area contributed by atoms with Crippen LogP contribution in [0.15, 0.2) is 24.5 Å². The van der Waals surface area contributed by atoms with Gasteiger partial charge in [0.25, 0.3) is 5.91 Å². The van der Waals surface area contributed by atoms with Crippen molar-refractivity contribution in [3.63, 3.8) is 0 Å². The number of hydrogen-bond donors (Lipinski definition) is 2. The summed E-state index contributed by atoms with van der Waals surface area (Å²) >= 11 is 0. The van der Waals surface area contributed by atoms with Crippen LogP contribution in [0.5, 0.6) is 0 Å². The maximum atomic E-state index is 12.1. The number of hydrogen-bond acceptors (Lipinski definition) is 5. The van der Waals surface area contributed by atoms with Gasteiger partial charge < -0.3 is 20.1 Å². The molecule has 0 aromatic carbocycles. The van der Waals surface area contributed by atoms with E-state index >= 15 is 0 Å². The number of rotatable bonds is 5. The Hall–Kier alpha value is -2.69. The van der Waals surface area contributed by atoms with Crippen molar-refractivity contribution in [2.24, 2.45) is 11.8 Å². The summed E-state index contributed by atoms with van der Waals surface area (Å²) < 4.78 is 37.6. The van der Waals surface area contributed by atoms with Crippen molar-refractivity contribution >= 4 is 17.8 Å². The van der Waals surface area contributed by atoms with Crippen LogP contribution in [0, 0.1) is 11.8 Å². The van der Waals surface area contributed by atoms with Gasteiger partial charge in [-0.15, -0.1) is 0 Å². The van der Waals surface area contributed by atoms with Gasteiger partial charge in [-0.3, -0.25) is 14.6 Å². The van der Waals surface area contributed by atoms with E-state index in [0.29, 0.717) is 37.6 Å². The minimum atomic E-state index is -5.08. The number of carbonyl (C=O) groups excluding carboxylic acids is 2. The number of pyridine rings is 1. The summed E-state index contributed by atoms with van der Waals surface area (Å²) in [6.45, 7) is 4.68. The normalized spacial score (nSPS) is 22.7. The van der Waals surface area contributed by atoms with Gasteiger partial charge in [0.1, 0.15) is 0 Å². The third kappa shape index (κ3) is 6.41. The second-order valence-corrected chi connectivity index (χ2v) is 7.10. The number of likely N-dealkylation sites (tertiary alicyclic amines) is 1. The van der Waals surface area contributed by atoms with Crippen molar-refractivity contribution in [3.05, 3.63) is 30.1 Å². The monoisotopic (exact) mass is 431 g/mol. The van der Waals surface area contributed by atoms with Gasteiger partial charge in [-0.1, -0.05) is 6.92 Å². The Bertz CT molecular complexity index is 745. The molecule has 3 atom stereocenters. The van der Waals surface area contributed by atoms with E-state index in [0.717, 1.165) is 13.0 Å². The fraction of sp³-hybridized carbons (Fsp3) is 0.579. The predicted octanol–water partition coefficient (Wildman–Crippen LogP) is 1.72. The van der Waals surface area contributed by atoms with Crippen LogP contribution >= 0.6 is 0 Å². The average molecular weight is 431 g/mol. The SMILES string of the molecule is CCCC(=O)N1C[C@@H]2[C@@H](CNC(=O)c3cccnc3)CO[C@@H]2C1.O=C(O)C(F)(F)F. The summed E-state index contributed by atoms with van der Waals surface area (Å²) in [6, 6.07) is 3.49. The number of amides is 2. The third-order valence-corrected chi connectivity index (χ3v) is 4.95. The molecular weight excluding hydrogens is 407 g/mol. The van der Waals surface area contributed by atoms with Crippen molar-refractivity contribution in [1.29, 1.82) is 0 Å². The number of aliphatic carboxylic acids is 1. The zero-order valence-electron chi connectivity index (χ0n) is 16.4. The van der Waals surface area contributed by atoms with Crippen molar-refractivity contribution in [1.82, 2.24) is 15.2 Å². The lowest BCUT2D eigenvalue weighted by molar-refractivity contribution is -0.192. The van der Waals surface area contributed by atoms with E-state index in [2.05, 4.69) is 10.3 Å². The minimum Gasteiger partial charge on any atom is -0.475 e. The van der Waals surface area contributed by atoms with E-state index in [1.54, 1.807) is 24.5 Å². The highest BCUT2D eigenvalue weighted by Gasteiger charge is 2.44. The topological polar surface area (TPSA) is 109 Å². The van der Waals surface area contributed by atoms with Crippen molar-refractivity contribution in [2.75, 3.05) is 26.2 Å². The summed E-state index contributed by atoms with van der Waals surface area (Å²) in [5.74, 6) is -2.07. The molecule has 0 spiro atoms. The van der Waals surface area contributed by atoms with Crippen LogP contribution in [0.2, 0.25) is 0 Å². The molecule has 2 aliphatic heterocycles. The quantitative estimate of drug-likeness (QED) is 0.735. The molecule has 3 heterocycles. The molecule has 0 saturated carbocycles. The number of fused-ring (bicyclic) bond motifs is 1. The molecule has 0 unspecified atom stereocenters. The number of aromatic nitrogens is 1. The highest BCUT2D eigenvalue weighted by atomic mass is 19.4. The molecule has 1 aromatic heterocycles. The zero-order chi connectivity index (χ0) is 22.3. The molecule has 1 aromatic rings. The van der Waals surface area contributed by atoms with Gasteiger partial charge in [0.05, 0.1) is 18.3 Å². The third-order valence-electron chi connectivity index (χ3n) is 4.95. The molecule has 166 valence electrons. The average Bonchev–Trinajstić information content (AvgIpc) is 3.28. The number of nitrogens with zero attached hydrogens (tertiary/aromatic N) is 2. The Kier molecular flexibility index (Phi) is 8.16. The van der Waals surface area contributed by atoms with E-state index in [1.165, 1.54) is 0 Å². The van der Waals surface area contributed by atoms with Crippen molar-refractivity contribution in [3.8, 4) is 0 Å². The van der Waals surface area contributed by atoms with Crippen LogP contribution in [0.25, 0.3) is 0 Å². The second-order valence-electron chi connectivity index (χ2n) is 7.10. The van der Waals surface area contributed by atoms with Gasteiger partial charge in [0, 0.05) is 50.3 Å². The number of alkyl halides is 3. The minimum absolute atomic E-state index is 0.113. The van der Waals surface area contributed by atoms with Crippen molar-refractivity contribution in [2.45, 2.75) is 32.0 Å². The molecule has 2 fully saturated rings. The fourth-order valence-corrected chi connectivity index (χ4v) is 3.41. The predicted molar refractivity (Wildman–Crippen MR) is 98.5 cm³/mol. The van der Waals surface area contributed by atoms with E-state index < -0.39 is 12.1 Å². The van der Waals surface area contributed by atoms with E-state index in [9.17, 15) is 22.8 Å². The number of carbonyl (C=O) groups is 3. The molecule has 0 aliphatic carbocycles. The van der Waals surface area contributed by atoms with Crippen LogP contribution in [0.1, 0.15) is 30.1 Å². The summed E-state index contributed by atoms with van der Waals surface area (Å²) in [6.07, 6.45) is -0.287. The number of halogens is 3. The maximum absolute atomic E-state index is 12.1. The first kappa shape index (κ1) is 23.6. The van der Waals surface area contributed by atoms with Crippen LogP contribution in [-0.2, 0) is 14.3 Å². The summed E-state index contributed by atoms with van der Waals surface area (Å²) in [4.78, 5) is 38.9. The fourth-order valence-electron chi connectivity index (χ4n) is 3.41. The number of carboxylic acids is 1. The van der Waals surface area contributed by atoms with Crippen LogP contribution in [-0.4, -0.2) is 71.3 Å². The molecule has 8 nitrogen and oxygen atoms in total.